The zero-order valence-corrected chi connectivity index (χ0v) is 9.54. The summed E-state index contributed by atoms with van der Waals surface area (Å²) >= 11 is 0. The molecule has 0 saturated heterocycles. The van der Waals surface area contributed by atoms with Gasteiger partial charge in [0.2, 0.25) is 5.91 Å². The third-order valence-electron chi connectivity index (χ3n) is 1.72. The molecule has 6 heteroatoms. The molecular formula is C9H18BNO4. The minimum atomic E-state index is -0.481. The van der Waals surface area contributed by atoms with Crippen LogP contribution in [0.15, 0.2) is 0 Å². The fourth-order valence-corrected chi connectivity index (χ4v) is 0.837. The molecule has 0 spiro atoms. The maximum atomic E-state index is 11.1. The van der Waals surface area contributed by atoms with E-state index in [1.807, 2.05) is 0 Å². The molecule has 0 unspecified atom stereocenters. The van der Waals surface area contributed by atoms with Crippen molar-refractivity contribution in [1.82, 2.24) is 5.32 Å². The van der Waals surface area contributed by atoms with E-state index in [1.165, 1.54) is 8.05 Å². The summed E-state index contributed by atoms with van der Waals surface area (Å²) < 4.78 is 9.17. The number of hydrogen-bond acceptors (Lipinski definition) is 4. The van der Waals surface area contributed by atoms with E-state index in [4.69, 9.17) is 4.74 Å². The Morgan fingerprint density at radius 1 is 1.33 bits per heavy atom. The molecule has 0 aromatic rings. The minimum Gasteiger partial charge on any atom is -0.542 e. The van der Waals surface area contributed by atoms with E-state index in [1.54, 1.807) is 0 Å². The van der Waals surface area contributed by atoms with Crippen molar-refractivity contribution < 1.29 is 19.0 Å². The molecule has 0 heterocycles. The van der Waals surface area contributed by atoms with Crippen LogP contribution >= 0.6 is 0 Å². The van der Waals surface area contributed by atoms with Crippen LogP contribution in [0.3, 0.4) is 0 Å². The van der Waals surface area contributed by atoms with Gasteiger partial charge in [-0.2, -0.15) is 0 Å². The summed E-state index contributed by atoms with van der Waals surface area (Å²) in [6.07, 6.45) is 0.933. The molecule has 0 aromatic heterocycles. The molecule has 0 saturated carbocycles. The van der Waals surface area contributed by atoms with Crippen LogP contribution in [-0.2, 0) is 19.0 Å². The summed E-state index contributed by atoms with van der Waals surface area (Å²) in [5, 5.41) is 2.69. The molecule has 0 bridgehead atoms. The largest absolute Gasteiger partial charge is 0.542 e. The molecule has 0 atom stereocenters. The second-order valence-electron chi connectivity index (χ2n) is 3.60. The Balaban J connectivity index is 3.37. The van der Waals surface area contributed by atoms with Gasteiger partial charge < -0.3 is 14.7 Å². The van der Waals surface area contributed by atoms with Crippen LogP contribution in [0.2, 0.25) is 0 Å². The number of rotatable bonds is 7. The Kier molecular flexibility index (Phi) is 7.72. The predicted molar refractivity (Wildman–Crippen MR) is 57.9 cm³/mol. The number of nitrogens with one attached hydrogen (secondary N) is 1. The van der Waals surface area contributed by atoms with E-state index in [-0.39, 0.29) is 19.1 Å². The lowest BCUT2D eigenvalue weighted by molar-refractivity contribution is -0.140. The Labute approximate surface area is 90.9 Å². The van der Waals surface area contributed by atoms with Crippen LogP contribution in [0.25, 0.3) is 0 Å². The van der Waals surface area contributed by atoms with Gasteiger partial charge in [0.1, 0.15) is 13.2 Å². The number of hydrogen-bond donors (Lipinski definition) is 1. The van der Waals surface area contributed by atoms with Crippen LogP contribution < -0.4 is 5.32 Å². The van der Waals surface area contributed by atoms with Crippen molar-refractivity contribution in [1.29, 1.82) is 0 Å². The first-order valence-corrected chi connectivity index (χ1v) is 4.97. The van der Waals surface area contributed by atoms with Gasteiger partial charge in [-0.3, -0.25) is 9.59 Å². The first-order valence-electron chi connectivity index (χ1n) is 4.97. The Bertz CT molecular complexity index is 208. The average Bonchev–Trinajstić information content (AvgIpc) is 2.17. The second kappa shape index (κ2) is 8.29. The van der Waals surface area contributed by atoms with E-state index < -0.39 is 5.97 Å². The first-order chi connectivity index (χ1) is 7.06. The summed E-state index contributed by atoms with van der Waals surface area (Å²) in [6.45, 7) is 4.51. The topological polar surface area (TPSA) is 64.6 Å². The number of carbonyl (C=O) groups excluding carboxylic acids is 2. The summed E-state index contributed by atoms with van der Waals surface area (Å²) in [4.78, 5) is 21.7. The third-order valence-corrected chi connectivity index (χ3v) is 1.72. The van der Waals surface area contributed by atoms with Gasteiger partial charge in [0.05, 0.1) is 0 Å². The summed E-state index contributed by atoms with van der Waals surface area (Å²) in [5.74, 6) is -0.133. The SMILES string of the molecule is BOC(=O)COCC(=O)NCCC(C)C. The van der Waals surface area contributed by atoms with Crippen LogP contribution in [0.5, 0.6) is 0 Å². The van der Waals surface area contributed by atoms with Gasteiger partial charge in [-0.05, 0) is 12.3 Å². The highest BCUT2D eigenvalue weighted by molar-refractivity contribution is 6.05. The standard InChI is InChI=1S/C9H18BNO4/c1-7(2)3-4-11-8(12)5-14-6-9(13)15-10/h7H,3-6,10H2,1-2H3,(H,11,12). The van der Waals surface area contributed by atoms with Crippen LogP contribution in [0.4, 0.5) is 0 Å². The Hall–Kier alpha value is -1.04. The lowest BCUT2D eigenvalue weighted by Crippen LogP contribution is -2.30. The molecule has 0 rings (SSSR count). The maximum Gasteiger partial charge on any atom is 0.326 e. The van der Waals surface area contributed by atoms with Gasteiger partial charge in [0.25, 0.3) is 0 Å². The zero-order chi connectivity index (χ0) is 11.7. The van der Waals surface area contributed by atoms with Crippen molar-refractivity contribution in [3.05, 3.63) is 0 Å². The zero-order valence-electron chi connectivity index (χ0n) is 9.54. The number of carbonyl (C=O) groups is 2. The highest BCUT2D eigenvalue weighted by Gasteiger charge is 2.04. The van der Waals surface area contributed by atoms with E-state index in [9.17, 15) is 9.59 Å². The fraction of sp³-hybridized carbons (Fsp3) is 0.778. The smallest absolute Gasteiger partial charge is 0.326 e. The number of ether oxygens (including phenoxy) is 1. The highest BCUT2D eigenvalue weighted by Crippen LogP contribution is 1.95. The Morgan fingerprint density at radius 3 is 2.53 bits per heavy atom. The number of amides is 1. The fourth-order valence-electron chi connectivity index (χ4n) is 0.837. The van der Waals surface area contributed by atoms with Crippen molar-refractivity contribution in [3.63, 3.8) is 0 Å². The molecule has 0 aromatic carbocycles. The van der Waals surface area contributed by atoms with Crippen molar-refractivity contribution in [2.45, 2.75) is 20.3 Å². The van der Waals surface area contributed by atoms with Crippen molar-refractivity contribution in [3.8, 4) is 0 Å². The van der Waals surface area contributed by atoms with Gasteiger partial charge in [-0.25, -0.2) is 0 Å². The van der Waals surface area contributed by atoms with Crippen LogP contribution in [-0.4, -0.2) is 39.7 Å². The molecule has 0 radical (unpaired) electrons. The van der Waals surface area contributed by atoms with Crippen molar-refractivity contribution in [2.24, 2.45) is 5.92 Å². The molecule has 5 nitrogen and oxygen atoms in total. The molecule has 15 heavy (non-hydrogen) atoms. The lowest BCUT2D eigenvalue weighted by Gasteiger charge is -2.07. The summed E-state index contributed by atoms with van der Waals surface area (Å²) in [6, 6.07) is 0. The Morgan fingerprint density at radius 2 is 2.00 bits per heavy atom. The molecule has 0 aliphatic heterocycles. The minimum absolute atomic E-state index is 0.104. The molecule has 0 aliphatic rings. The van der Waals surface area contributed by atoms with Gasteiger partial charge in [0.15, 0.2) is 0 Å². The van der Waals surface area contributed by atoms with E-state index in [0.717, 1.165) is 6.42 Å². The molecule has 0 aliphatic carbocycles. The summed E-state index contributed by atoms with van der Waals surface area (Å²) in [5.41, 5.74) is 0. The van der Waals surface area contributed by atoms with Gasteiger partial charge >= 0.3 is 14.0 Å². The van der Waals surface area contributed by atoms with Crippen LogP contribution in [0, 0.1) is 5.92 Å². The maximum absolute atomic E-state index is 11.1. The van der Waals surface area contributed by atoms with Gasteiger partial charge in [-0.1, -0.05) is 13.8 Å². The first kappa shape index (κ1) is 14.0. The highest BCUT2D eigenvalue weighted by atomic mass is 16.5. The third kappa shape index (κ3) is 9.27. The van der Waals surface area contributed by atoms with Crippen LogP contribution in [0.1, 0.15) is 20.3 Å². The van der Waals surface area contributed by atoms with E-state index in [0.29, 0.717) is 12.5 Å². The van der Waals surface area contributed by atoms with Crippen molar-refractivity contribution >= 4 is 19.9 Å². The molecular weight excluding hydrogens is 197 g/mol. The predicted octanol–water partition coefficient (Wildman–Crippen LogP) is -0.743. The average molecular weight is 215 g/mol. The second-order valence-corrected chi connectivity index (χ2v) is 3.60. The molecule has 1 amide bonds. The van der Waals surface area contributed by atoms with Crippen molar-refractivity contribution in [2.75, 3.05) is 19.8 Å². The summed E-state index contributed by atoms with van der Waals surface area (Å²) in [7, 11) is 1.27. The van der Waals surface area contributed by atoms with Gasteiger partial charge in [-0.15, -0.1) is 0 Å². The monoisotopic (exact) mass is 215 g/mol. The normalized spacial score (nSPS) is 10.1. The van der Waals surface area contributed by atoms with Gasteiger partial charge in [0, 0.05) is 6.54 Å². The quantitative estimate of drug-likeness (QED) is 0.568. The lowest BCUT2D eigenvalue weighted by atomic mass is 10.1. The van der Waals surface area contributed by atoms with E-state index in [2.05, 4.69) is 23.8 Å². The molecule has 86 valence electrons. The molecule has 1 N–H and O–H groups in total. The molecule has 0 fully saturated rings. The van der Waals surface area contributed by atoms with E-state index >= 15 is 0 Å².